The summed E-state index contributed by atoms with van der Waals surface area (Å²) >= 11 is 0. The molecule has 1 amide bonds. The van der Waals surface area contributed by atoms with Gasteiger partial charge in [-0.2, -0.15) is 9.97 Å². The normalized spacial score (nSPS) is 21.9. The number of likely N-dealkylation sites (tertiary alicyclic amines) is 1. The van der Waals surface area contributed by atoms with Crippen molar-refractivity contribution in [3.8, 4) is 23.0 Å². The second-order valence-corrected chi connectivity index (χ2v) is 12.3. The van der Waals surface area contributed by atoms with E-state index in [1.165, 1.54) is 12.1 Å². The highest BCUT2D eigenvalue weighted by Gasteiger charge is 2.49. The van der Waals surface area contributed by atoms with E-state index < -0.39 is 17.5 Å². The van der Waals surface area contributed by atoms with E-state index in [9.17, 15) is 14.3 Å². The van der Waals surface area contributed by atoms with Crippen LogP contribution in [0, 0.1) is 11.7 Å². The largest absolute Gasteiger partial charge is 0.508 e. The average molecular weight is 601 g/mol. The average Bonchev–Trinajstić information content (AvgIpc) is 3.52. The summed E-state index contributed by atoms with van der Waals surface area (Å²) in [5, 5.41) is 12.3. The summed E-state index contributed by atoms with van der Waals surface area (Å²) in [6, 6.07) is 10.5. The quantitative estimate of drug-likeness (QED) is 0.290. The number of anilines is 1. The number of phenols is 1. The van der Waals surface area contributed by atoms with Crippen LogP contribution in [0.3, 0.4) is 0 Å². The van der Waals surface area contributed by atoms with Crippen LogP contribution in [0.15, 0.2) is 55.3 Å². The molecule has 0 saturated carbocycles. The Bertz CT molecular complexity index is 1780. The number of carbonyl (C=O) groups is 1. The molecule has 2 aromatic heterocycles. The fourth-order valence-electron chi connectivity index (χ4n) is 7.17. The van der Waals surface area contributed by atoms with Crippen LogP contribution in [0.5, 0.6) is 11.8 Å². The highest BCUT2D eigenvalue weighted by atomic mass is 19.1. The number of aromatic hydroxyl groups is 1. The minimum absolute atomic E-state index is 0.000267. The molecule has 9 nitrogen and oxygen atoms in total. The molecule has 1 unspecified atom stereocenters. The smallest absolute Gasteiger partial charge is 0.319 e. The van der Waals surface area contributed by atoms with Crippen LogP contribution < -0.4 is 9.64 Å². The first-order valence-corrected chi connectivity index (χ1v) is 15.0. The molecule has 11 heteroatoms. The Morgan fingerprint density at radius 3 is 2.86 bits per heavy atom. The lowest BCUT2D eigenvalue weighted by atomic mass is 9.95. The number of halogens is 2. The third-order valence-electron chi connectivity index (χ3n) is 9.31. The zero-order valence-corrected chi connectivity index (χ0v) is 24.5. The summed E-state index contributed by atoms with van der Waals surface area (Å²) in [7, 11) is 1.86. The third-order valence-corrected chi connectivity index (χ3v) is 9.31. The second kappa shape index (κ2) is 11.0. The van der Waals surface area contributed by atoms with Gasteiger partial charge < -0.3 is 19.6 Å². The van der Waals surface area contributed by atoms with Crippen molar-refractivity contribution in [2.24, 2.45) is 5.92 Å². The monoisotopic (exact) mass is 600 g/mol. The molecule has 0 bridgehead atoms. The number of rotatable bonds is 8. The van der Waals surface area contributed by atoms with Gasteiger partial charge in [-0.05, 0) is 48.4 Å². The van der Waals surface area contributed by atoms with Crippen molar-refractivity contribution in [2.45, 2.75) is 31.0 Å². The Balaban J connectivity index is 1.28. The lowest BCUT2D eigenvalue weighted by molar-refractivity contribution is -0.131. The maximum absolute atomic E-state index is 16.5. The number of nitrogens with zero attached hydrogens (tertiary/aromatic N) is 6. The van der Waals surface area contributed by atoms with Gasteiger partial charge in [0.25, 0.3) is 0 Å². The van der Waals surface area contributed by atoms with Crippen LogP contribution in [0.1, 0.15) is 19.3 Å². The molecule has 2 atom stereocenters. The number of pyridine rings is 1. The Hall–Kier alpha value is -4.38. The van der Waals surface area contributed by atoms with E-state index in [0.717, 1.165) is 30.2 Å². The summed E-state index contributed by atoms with van der Waals surface area (Å²) < 4.78 is 37.1. The molecule has 44 heavy (non-hydrogen) atoms. The molecule has 0 aliphatic carbocycles. The molecule has 0 spiro atoms. The fraction of sp³-hybridized carbons (Fsp3) is 0.394. The van der Waals surface area contributed by atoms with Crippen molar-refractivity contribution in [1.82, 2.24) is 24.8 Å². The predicted octanol–water partition coefficient (Wildman–Crippen LogP) is 4.73. The van der Waals surface area contributed by atoms with Crippen LogP contribution in [-0.2, 0) is 4.79 Å². The number of fused-ring (bicyclic) bond motifs is 3. The van der Waals surface area contributed by atoms with Gasteiger partial charge in [0.15, 0.2) is 5.82 Å². The maximum Gasteiger partial charge on any atom is 0.319 e. The van der Waals surface area contributed by atoms with E-state index in [-0.39, 0.29) is 41.4 Å². The highest BCUT2D eigenvalue weighted by Crippen LogP contribution is 2.41. The van der Waals surface area contributed by atoms with E-state index in [1.807, 2.05) is 36.2 Å². The number of phenolic OH excluding ortho intramolecular Hbond substituents is 1. The Morgan fingerprint density at radius 2 is 2.05 bits per heavy atom. The summed E-state index contributed by atoms with van der Waals surface area (Å²) in [4.78, 5) is 31.5. The molecule has 7 rings (SSSR count). The molecule has 3 fully saturated rings. The number of hydrogen-bond acceptors (Lipinski definition) is 8. The van der Waals surface area contributed by atoms with Gasteiger partial charge in [-0.1, -0.05) is 30.8 Å². The minimum atomic E-state index is -0.906. The SMILES string of the molecule is C=CC(=O)N1CC(CN(C)c2nc(OC[C@@]34CCCN3CC(F)C4)nc3c(F)c(-c4cc(O)cc5ccccc45)ncc23)C1. The van der Waals surface area contributed by atoms with Crippen molar-refractivity contribution in [2.75, 3.05) is 51.3 Å². The van der Waals surface area contributed by atoms with Crippen LogP contribution in [0.4, 0.5) is 14.6 Å². The van der Waals surface area contributed by atoms with E-state index >= 15 is 4.39 Å². The zero-order valence-electron chi connectivity index (χ0n) is 24.5. The molecule has 4 aromatic rings. The van der Waals surface area contributed by atoms with Gasteiger partial charge in [0.05, 0.1) is 10.9 Å². The van der Waals surface area contributed by atoms with E-state index in [2.05, 4.69) is 21.4 Å². The lowest BCUT2D eigenvalue weighted by Crippen LogP contribution is -2.53. The Kier molecular flexibility index (Phi) is 7.07. The number of hydrogen-bond donors (Lipinski definition) is 1. The standard InChI is InChI=1S/C33H34F2N6O3/c1-3-27(43)40-16-20(17-40)15-39(2)31-26-14-36-29(25-12-23(42)11-21-7-4-5-8-24(21)25)28(35)30(26)37-32(38-31)44-19-33-9-6-10-41(33)18-22(34)13-33/h3-5,7-8,11-12,14,20,22,42H,1,6,9-10,13,15-19H2,2H3/t22?,33-/m0/s1. The Morgan fingerprint density at radius 1 is 1.23 bits per heavy atom. The third kappa shape index (κ3) is 4.89. The van der Waals surface area contributed by atoms with Gasteiger partial charge in [-0.3, -0.25) is 14.7 Å². The van der Waals surface area contributed by atoms with Gasteiger partial charge >= 0.3 is 6.01 Å². The minimum Gasteiger partial charge on any atom is -0.508 e. The topological polar surface area (TPSA) is 94.9 Å². The van der Waals surface area contributed by atoms with Crippen molar-refractivity contribution in [3.05, 3.63) is 61.1 Å². The number of alkyl halides is 1. The van der Waals surface area contributed by atoms with Crippen LogP contribution in [0.2, 0.25) is 0 Å². The van der Waals surface area contributed by atoms with Crippen molar-refractivity contribution in [1.29, 1.82) is 0 Å². The van der Waals surface area contributed by atoms with Crippen molar-refractivity contribution in [3.63, 3.8) is 0 Å². The van der Waals surface area contributed by atoms with E-state index in [1.54, 1.807) is 17.2 Å². The summed E-state index contributed by atoms with van der Waals surface area (Å²) in [5.41, 5.74) is 0.121. The van der Waals surface area contributed by atoms with Crippen molar-refractivity contribution < 1.29 is 23.4 Å². The van der Waals surface area contributed by atoms with E-state index in [4.69, 9.17) is 9.72 Å². The Labute approximate surface area is 253 Å². The lowest BCUT2D eigenvalue weighted by Gasteiger charge is -2.40. The molecule has 1 N–H and O–H groups in total. The summed E-state index contributed by atoms with van der Waals surface area (Å²) in [6.07, 6.45) is 4.14. The molecule has 2 aromatic carbocycles. The molecule has 5 heterocycles. The first-order valence-electron chi connectivity index (χ1n) is 15.0. The van der Waals surface area contributed by atoms with Gasteiger partial charge in [-0.25, -0.2) is 8.78 Å². The highest BCUT2D eigenvalue weighted by molar-refractivity contribution is 5.99. The molecule has 3 saturated heterocycles. The molecular weight excluding hydrogens is 566 g/mol. The molecule has 3 aliphatic heterocycles. The first kappa shape index (κ1) is 28.4. The van der Waals surface area contributed by atoms with Gasteiger partial charge in [0, 0.05) is 57.3 Å². The molecular formula is C33H34F2N6O3. The van der Waals surface area contributed by atoms with Crippen LogP contribution >= 0.6 is 0 Å². The number of ether oxygens (including phenoxy) is 1. The zero-order chi connectivity index (χ0) is 30.6. The number of carbonyl (C=O) groups excluding carboxylic acids is 1. The molecule has 0 radical (unpaired) electrons. The first-order chi connectivity index (χ1) is 21.2. The molecule has 228 valence electrons. The number of benzene rings is 2. The second-order valence-electron chi connectivity index (χ2n) is 12.3. The predicted molar refractivity (Wildman–Crippen MR) is 164 cm³/mol. The number of aromatic nitrogens is 3. The van der Waals surface area contributed by atoms with Gasteiger partial charge in [-0.15, -0.1) is 0 Å². The van der Waals surface area contributed by atoms with Crippen LogP contribution in [0.25, 0.3) is 32.9 Å². The number of amides is 1. The van der Waals surface area contributed by atoms with Gasteiger partial charge in [0.1, 0.15) is 35.6 Å². The van der Waals surface area contributed by atoms with E-state index in [0.29, 0.717) is 49.4 Å². The maximum atomic E-state index is 16.5. The fourth-order valence-corrected chi connectivity index (χ4v) is 7.17. The molecule has 3 aliphatic rings. The van der Waals surface area contributed by atoms with Gasteiger partial charge in [0.2, 0.25) is 5.91 Å². The van der Waals surface area contributed by atoms with Crippen LogP contribution in [-0.4, -0.2) is 93.9 Å². The summed E-state index contributed by atoms with van der Waals surface area (Å²) in [5.74, 6) is -0.113. The van der Waals surface area contributed by atoms with Crippen molar-refractivity contribution >= 4 is 33.4 Å². The summed E-state index contributed by atoms with van der Waals surface area (Å²) in [6.45, 7) is 6.72.